The van der Waals surface area contributed by atoms with Crippen LogP contribution in [0.15, 0.2) is 53.6 Å². The first-order valence-electron chi connectivity index (χ1n) is 4.94. The van der Waals surface area contributed by atoms with E-state index in [-0.39, 0.29) is 0 Å². The van der Waals surface area contributed by atoms with E-state index in [4.69, 9.17) is 4.52 Å². The van der Waals surface area contributed by atoms with E-state index < -0.39 is 0 Å². The van der Waals surface area contributed by atoms with Crippen molar-refractivity contribution in [1.82, 2.24) is 15.1 Å². The lowest BCUT2D eigenvalue weighted by Crippen LogP contribution is -1.81. The van der Waals surface area contributed by atoms with Gasteiger partial charge >= 0.3 is 0 Å². The number of H-pyrrole nitrogens is 1. The summed E-state index contributed by atoms with van der Waals surface area (Å²) in [4.78, 5) is 7.27. The second-order valence-electron chi connectivity index (χ2n) is 3.38. The molecule has 0 radical (unpaired) electrons. The highest BCUT2D eigenvalue weighted by Crippen LogP contribution is 2.30. The van der Waals surface area contributed by atoms with Gasteiger partial charge in [0.1, 0.15) is 0 Å². The Morgan fingerprint density at radius 3 is 2.94 bits per heavy atom. The van der Waals surface area contributed by atoms with E-state index >= 15 is 0 Å². The lowest BCUT2D eigenvalue weighted by atomic mass is 10.1. The predicted octanol–water partition coefficient (Wildman–Crippen LogP) is 2.73. The molecule has 0 fully saturated rings. The summed E-state index contributed by atoms with van der Waals surface area (Å²) in [7, 11) is 0. The van der Waals surface area contributed by atoms with Gasteiger partial charge in [-0.3, -0.25) is 4.98 Å². The SMILES string of the molecule is c1ccc(-c2cnoc2-c2cc[nH]c2)nc1. The van der Waals surface area contributed by atoms with E-state index in [0.29, 0.717) is 0 Å². The molecule has 0 saturated heterocycles. The quantitative estimate of drug-likeness (QED) is 0.709. The topological polar surface area (TPSA) is 54.7 Å². The molecule has 3 aromatic rings. The van der Waals surface area contributed by atoms with Crippen LogP contribution in [0.25, 0.3) is 22.6 Å². The van der Waals surface area contributed by atoms with E-state index in [2.05, 4.69) is 15.1 Å². The average Bonchev–Trinajstić information content (AvgIpc) is 3.01. The van der Waals surface area contributed by atoms with Crippen LogP contribution in [0.1, 0.15) is 0 Å². The summed E-state index contributed by atoms with van der Waals surface area (Å²) in [5, 5.41) is 3.83. The molecule has 78 valence electrons. The normalized spacial score (nSPS) is 10.5. The third kappa shape index (κ3) is 1.40. The Morgan fingerprint density at radius 2 is 2.19 bits per heavy atom. The molecule has 0 spiro atoms. The second-order valence-corrected chi connectivity index (χ2v) is 3.38. The van der Waals surface area contributed by atoms with Gasteiger partial charge in [0.15, 0.2) is 5.76 Å². The summed E-state index contributed by atoms with van der Waals surface area (Å²) in [5.74, 6) is 0.736. The van der Waals surface area contributed by atoms with Crippen LogP contribution < -0.4 is 0 Å². The van der Waals surface area contributed by atoms with Gasteiger partial charge in [-0.2, -0.15) is 0 Å². The molecule has 0 atom stereocenters. The monoisotopic (exact) mass is 211 g/mol. The first-order chi connectivity index (χ1) is 7.95. The first-order valence-corrected chi connectivity index (χ1v) is 4.94. The number of nitrogens with one attached hydrogen (secondary N) is 1. The number of nitrogens with zero attached hydrogens (tertiary/aromatic N) is 2. The molecule has 0 amide bonds. The van der Waals surface area contributed by atoms with Crippen LogP contribution in [-0.2, 0) is 0 Å². The Bertz CT molecular complexity index is 569. The second kappa shape index (κ2) is 3.66. The minimum Gasteiger partial charge on any atom is -0.367 e. The van der Waals surface area contributed by atoms with Gasteiger partial charge in [0, 0.05) is 24.2 Å². The molecular formula is C12H9N3O. The summed E-state index contributed by atoms with van der Waals surface area (Å²) < 4.78 is 5.25. The van der Waals surface area contributed by atoms with E-state index in [1.54, 1.807) is 12.4 Å². The summed E-state index contributed by atoms with van der Waals surface area (Å²) in [6.07, 6.45) is 7.15. The number of hydrogen-bond acceptors (Lipinski definition) is 3. The molecule has 0 unspecified atom stereocenters. The molecule has 3 rings (SSSR count). The summed E-state index contributed by atoms with van der Waals surface area (Å²) in [6, 6.07) is 7.69. The Labute approximate surface area is 91.9 Å². The van der Waals surface area contributed by atoms with Gasteiger partial charge in [-0.1, -0.05) is 11.2 Å². The zero-order valence-electron chi connectivity index (χ0n) is 8.42. The Morgan fingerprint density at radius 1 is 1.19 bits per heavy atom. The van der Waals surface area contributed by atoms with E-state index in [1.807, 2.05) is 36.7 Å². The van der Waals surface area contributed by atoms with Crippen molar-refractivity contribution < 1.29 is 4.52 Å². The standard InChI is InChI=1S/C12H9N3O/c1-2-5-14-11(3-1)10-8-15-16-12(10)9-4-6-13-7-9/h1-8,13H. The number of rotatable bonds is 2. The zero-order chi connectivity index (χ0) is 10.8. The van der Waals surface area contributed by atoms with Crippen molar-refractivity contribution in [2.75, 3.05) is 0 Å². The van der Waals surface area contributed by atoms with Crippen molar-refractivity contribution >= 4 is 0 Å². The maximum atomic E-state index is 5.25. The Kier molecular flexibility index (Phi) is 2.04. The highest BCUT2D eigenvalue weighted by molar-refractivity contribution is 5.76. The number of hydrogen-bond donors (Lipinski definition) is 1. The highest BCUT2D eigenvalue weighted by atomic mass is 16.5. The Hall–Kier alpha value is -2.36. The van der Waals surface area contributed by atoms with Gasteiger partial charge in [-0.05, 0) is 18.2 Å². The largest absolute Gasteiger partial charge is 0.367 e. The van der Waals surface area contributed by atoms with Crippen LogP contribution in [0.5, 0.6) is 0 Å². The lowest BCUT2D eigenvalue weighted by molar-refractivity contribution is 0.432. The van der Waals surface area contributed by atoms with Crippen LogP contribution >= 0.6 is 0 Å². The molecule has 0 aromatic carbocycles. The fraction of sp³-hybridized carbons (Fsp3) is 0. The van der Waals surface area contributed by atoms with Crippen LogP contribution in [0, 0.1) is 0 Å². The zero-order valence-corrected chi connectivity index (χ0v) is 8.42. The number of aromatic amines is 1. The summed E-state index contributed by atoms with van der Waals surface area (Å²) >= 11 is 0. The molecule has 0 bridgehead atoms. The van der Waals surface area contributed by atoms with Crippen molar-refractivity contribution in [1.29, 1.82) is 0 Å². The van der Waals surface area contributed by atoms with Gasteiger partial charge in [0.05, 0.1) is 17.5 Å². The fourth-order valence-corrected chi connectivity index (χ4v) is 1.62. The molecule has 4 nitrogen and oxygen atoms in total. The van der Waals surface area contributed by atoms with E-state index in [1.165, 1.54) is 0 Å². The van der Waals surface area contributed by atoms with Crippen molar-refractivity contribution in [2.24, 2.45) is 0 Å². The molecule has 4 heteroatoms. The number of pyridine rings is 1. The predicted molar refractivity (Wildman–Crippen MR) is 59.5 cm³/mol. The van der Waals surface area contributed by atoms with Crippen LogP contribution in [0.2, 0.25) is 0 Å². The summed E-state index contributed by atoms with van der Waals surface area (Å²) in [6.45, 7) is 0. The van der Waals surface area contributed by atoms with Crippen molar-refractivity contribution in [3.05, 3.63) is 49.1 Å². The van der Waals surface area contributed by atoms with Gasteiger partial charge in [0.2, 0.25) is 0 Å². The molecule has 1 N–H and O–H groups in total. The van der Waals surface area contributed by atoms with Gasteiger partial charge < -0.3 is 9.51 Å². The maximum Gasteiger partial charge on any atom is 0.177 e. The first kappa shape index (κ1) is 8.91. The molecule has 3 aromatic heterocycles. The molecule has 16 heavy (non-hydrogen) atoms. The van der Waals surface area contributed by atoms with Gasteiger partial charge in [-0.25, -0.2) is 0 Å². The molecule has 3 heterocycles. The van der Waals surface area contributed by atoms with E-state index in [0.717, 1.165) is 22.6 Å². The Balaban J connectivity index is 2.14. The van der Waals surface area contributed by atoms with Crippen LogP contribution in [0.3, 0.4) is 0 Å². The minimum absolute atomic E-state index is 0.736. The van der Waals surface area contributed by atoms with E-state index in [9.17, 15) is 0 Å². The lowest BCUT2D eigenvalue weighted by Gasteiger charge is -1.97. The highest BCUT2D eigenvalue weighted by Gasteiger charge is 2.13. The smallest absolute Gasteiger partial charge is 0.177 e. The van der Waals surface area contributed by atoms with Gasteiger partial charge in [0.25, 0.3) is 0 Å². The fourth-order valence-electron chi connectivity index (χ4n) is 1.62. The molecule has 0 saturated carbocycles. The molecular weight excluding hydrogens is 202 g/mol. The van der Waals surface area contributed by atoms with Crippen molar-refractivity contribution in [3.63, 3.8) is 0 Å². The molecule has 0 aliphatic rings. The van der Waals surface area contributed by atoms with Crippen molar-refractivity contribution in [3.8, 4) is 22.6 Å². The van der Waals surface area contributed by atoms with Crippen LogP contribution in [-0.4, -0.2) is 15.1 Å². The average molecular weight is 211 g/mol. The van der Waals surface area contributed by atoms with Crippen molar-refractivity contribution in [2.45, 2.75) is 0 Å². The number of aromatic nitrogens is 3. The molecule has 0 aliphatic heterocycles. The third-order valence-electron chi connectivity index (χ3n) is 2.37. The minimum atomic E-state index is 0.736. The third-order valence-corrected chi connectivity index (χ3v) is 2.37. The van der Waals surface area contributed by atoms with Crippen LogP contribution in [0.4, 0.5) is 0 Å². The molecule has 0 aliphatic carbocycles. The maximum absolute atomic E-state index is 5.25. The summed E-state index contributed by atoms with van der Waals surface area (Å²) in [5.41, 5.74) is 2.73. The van der Waals surface area contributed by atoms with Gasteiger partial charge in [-0.15, -0.1) is 0 Å².